The van der Waals surface area contributed by atoms with Crippen LogP contribution in [0.3, 0.4) is 0 Å². The summed E-state index contributed by atoms with van der Waals surface area (Å²) in [4.78, 5) is 25.8. The van der Waals surface area contributed by atoms with Crippen LogP contribution in [0.4, 0.5) is 0 Å². The van der Waals surface area contributed by atoms with Crippen LogP contribution in [-0.2, 0) is 14.3 Å². The quantitative estimate of drug-likeness (QED) is 0.778. The van der Waals surface area contributed by atoms with E-state index in [-0.39, 0.29) is 24.3 Å². The molecule has 114 valence electrons. The van der Waals surface area contributed by atoms with Crippen molar-refractivity contribution in [2.24, 2.45) is 0 Å². The maximum absolute atomic E-state index is 12.7. The zero-order valence-corrected chi connectivity index (χ0v) is 12.5. The number of esters is 1. The molecule has 21 heavy (non-hydrogen) atoms. The maximum Gasteiger partial charge on any atom is 0.325 e. The molecule has 5 heteroatoms. The van der Waals surface area contributed by atoms with Gasteiger partial charge in [-0.05, 0) is 26.3 Å². The standard InChI is InChI=1S/C16H21NO4/c1-3-17(11-15(18)20-4-2)16(19)13-9-10-21-14-8-6-5-7-12(13)14/h5-8,13H,3-4,9-11H2,1-2H3. The smallest absolute Gasteiger partial charge is 0.325 e. The van der Waals surface area contributed by atoms with Gasteiger partial charge in [0.15, 0.2) is 0 Å². The van der Waals surface area contributed by atoms with E-state index in [0.717, 1.165) is 11.3 Å². The van der Waals surface area contributed by atoms with Crippen molar-refractivity contribution in [3.8, 4) is 5.75 Å². The van der Waals surface area contributed by atoms with Gasteiger partial charge in [0.25, 0.3) is 0 Å². The van der Waals surface area contributed by atoms with Crippen LogP contribution in [0.1, 0.15) is 31.7 Å². The lowest BCUT2D eigenvalue weighted by Crippen LogP contribution is -2.40. The molecule has 0 N–H and O–H groups in total. The molecule has 0 aliphatic carbocycles. The van der Waals surface area contributed by atoms with Gasteiger partial charge in [-0.25, -0.2) is 0 Å². The predicted molar refractivity (Wildman–Crippen MR) is 78.2 cm³/mol. The summed E-state index contributed by atoms with van der Waals surface area (Å²) >= 11 is 0. The van der Waals surface area contributed by atoms with E-state index >= 15 is 0 Å². The lowest BCUT2D eigenvalue weighted by atomic mass is 9.92. The molecule has 1 atom stereocenters. The Hall–Kier alpha value is -2.04. The summed E-state index contributed by atoms with van der Waals surface area (Å²) in [5.74, 6) is 0.105. The molecule has 0 saturated carbocycles. The van der Waals surface area contributed by atoms with Crippen LogP contribution in [0.2, 0.25) is 0 Å². The van der Waals surface area contributed by atoms with Crippen LogP contribution in [-0.4, -0.2) is 43.1 Å². The Balaban J connectivity index is 2.13. The average molecular weight is 291 g/mol. The lowest BCUT2D eigenvalue weighted by Gasteiger charge is -2.29. The molecule has 5 nitrogen and oxygen atoms in total. The fourth-order valence-corrected chi connectivity index (χ4v) is 2.53. The Morgan fingerprint density at radius 1 is 1.33 bits per heavy atom. The summed E-state index contributed by atoms with van der Waals surface area (Å²) in [5, 5.41) is 0. The van der Waals surface area contributed by atoms with Crippen LogP contribution in [0.25, 0.3) is 0 Å². The van der Waals surface area contributed by atoms with Gasteiger partial charge in [-0.3, -0.25) is 9.59 Å². The van der Waals surface area contributed by atoms with Crippen molar-refractivity contribution in [3.63, 3.8) is 0 Å². The second-order valence-electron chi connectivity index (χ2n) is 4.88. The Bertz CT molecular complexity index is 515. The lowest BCUT2D eigenvalue weighted by molar-refractivity contribution is -0.149. The highest BCUT2D eigenvalue weighted by molar-refractivity contribution is 5.87. The Morgan fingerprint density at radius 2 is 2.10 bits per heavy atom. The maximum atomic E-state index is 12.7. The SMILES string of the molecule is CCOC(=O)CN(CC)C(=O)C1CCOc2ccccc21. The number of nitrogens with zero attached hydrogens (tertiary/aromatic N) is 1. The van der Waals surface area contributed by atoms with E-state index in [0.29, 0.717) is 26.2 Å². The number of fused-ring (bicyclic) bond motifs is 1. The molecule has 0 bridgehead atoms. The second-order valence-corrected chi connectivity index (χ2v) is 4.88. The van der Waals surface area contributed by atoms with Crippen molar-refractivity contribution in [2.75, 3.05) is 26.3 Å². The van der Waals surface area contributed by atoms with E-state index in [1.807, 2.05) is 31.2 Å². The highest BCUT2D eigenvalue weighted by Crippen LogP contribution is 2.34. The molecular formula is C16H21NO4. The minimum atomic E-state index is -0.368. The third-order valence-corrected chi connectivity index (χ3v) is 3.58. The normalized spacial score (nSPS) is 16.6. The number of para-hydroxylation sites is 1. The number of ether oxygens (including phenoxy) is 2. The van der Waals surface area contributed by atoms with E-state index in [2.05, 4.69) is 0 Å². The number of carbonyl (C=O) groups is 2. The van der Waals surface area contributed by atoms with E-state index in [9.17, 15) is 9.59 Å². The molecule has 0 radical (unpaired) electrons. The topological polar surface area (TPSA) is 55.8 Å². The van der Waals surface area contributed by atoms with Crippen LogP contribution in [0.15, 0.2) is 24.3 Å². The summed E-state index contributed by atoms with van der Waals surface area (Å²) in [6.45, 7) is 4.95. The molecule has 1 heterocycles. The first-order valence-corrected chi connectivity index (χ1v) is 7.33. The number of benzene rings is 1. The van der Waals surface area contributed by atoms with Gasteiger partial charge in [0.05, 0.1) is 19.1 Å². The van der Waals surface area contributed by atoms with Crippen LogP contribution in [0, 0.1) is 0 Å². The van der Waals surface area contributed by atoms with E-state index in [1.165, 1.54) is 0 Å². The van der Waals surface area contributed by atoms with Gasteiger partial charge in [0.2, 0.25) is 5.91 Å². The highest BCUT2D eigenvalue weighted by Gasteiger charge is 2.31. The molecule has 0 fully saturated rings. The monoisotopic (exact) mass is 291 g/mol. The molecule has 0 aromatic heterocycles. The molecule has 1 amide bonds. The van der Waals surface area contributed by atoms with Crippen molar-refractivity contribution in [1.29, 1.82) is 0 Å². The van der Waals surface area contributed by atoms with Gasteiger partial charge >= 0.3 is 5.97 Å². The molecule has 1 aliphatic heterocycles. The minimum absolute atomic E-state index is 0.00268. The Morgan fingerprint density at radius 3 is 2.81 bits per heavy atom. The molecule has 1 aromatic carbocycles. The predicted octanol–water partition coefficient (Wildman–Crippen LogP) is 1.96. The van der Waals surface area contributed by atoms with Crippen molar-refractivity contribution >= 4 is 11.9 Å². The number of amides is 1. The van der Waals surface area contributed by atoms with Crippen molar-refractivity contribution in [1.82, 2.24) is 4.90 Å². The van der Waals surface area contributed by atoms with Crippen LogP contribution >= 0.6 is 0 Å². The molecule has 1 unspecified atom stereocenters. The molecule has 0 spiro atoms. The number of carbonyl (C=O) groups excluding carboxylic acids is 2. The van der Waals surface area contributed by atoms with Crippen molar-refractivity contribution in [3.05, 3.63) is 29.8 Å². The van der Waals surface area contributed by atoms with E-state index in [1.54, 1.807) is 11.8 Å². The number of rotatable bonds is 5. The first kappa shape index (κ1) is 15.4. The summed E-state index contributed by atoms with van der Waals surface area (Å²) < 4.78 is 10.5. The largest absolute Gasteiger partial charge is 0.493 e. The number of likely N-dealkylation sites (N-methyl/N-ethyl adjacent to an activating group) is 1. The zero-order valence-electron chi connectivity index (χ0n) is 12.5. The third-order valence-electron chi connectivity index (χ3n) is 3.58. The van der Waals surface area contributed by atoms with Crippen molar-refractivity contribution < 1.29 is 19.1 Å². The highest BCUT2D eigenvalue weighted by atomic mass is 16.5. The van der Waals surface area contributed by atoms with Gasteiger partial charge in [0, 0.05) is 12.1 Å². The fourth-order valence-electron chi connectivity index (χ4n) is 2.53. The molecule has 0 saturated heterocycles. The van der Waals surface area contributed by atoms with Crippen molar-refractivity contribution in [2.45, 2.75) is 26.2 Å². The molecule has 1 aromatic rings. The number of hydrogen-bond donors (Lipinski definition) is 0. The third kappa shape index (κ3) is 3.54. The second kappa shape index (κ2) is 7.11. The van der Waals surface area contributed by atoms with Crippen LogP contribution < -0.4 is 4.74 Å². The average Bonchev–Trinajstić information content (AvgIpc) is 2.51. The van der Waals surface area contributed by atoms with Gasteiger partial charge in [-0.1, -0.05) is 18.2 Å². The summed E-state index contributed by atoms with van der Waals surface area (Å²) in [7, 11) is 0. The fraction of sp³-hybridized carbons (Fsp3) is 0.500. The summed E-state index contributed by atoms with van der Waals surface area (Å²) in [6.07, 6.45) is 0.634. The van der Waals surface area contributed by atoms with E-state index in [4.69, 9.17) is 9.47 Å². The first-order valence-electron chi connectivity index (χ1n) is 7.33. The van der Waals surface area contributed by atoms with E-state index < -0.39 is 0 Å². The summed E-state index contributed by atoms with van der Waals surface area (Å²) in [5.41, 5.74) is 0.899. The molecular weight excluding hydrogens is 270 g/mol. The summed E-state index contributed by atoms with van der Waals surface area (Å²) in [6, 6.07) is 7.57. The van der Waals surface area contributed by atoms with Gasteiger partial charge in [-0.15, -0.1) is 0 Å². The number of hydrogen-bond acceptors (Lipinski definition) is 4. The minimum Gasteiger partial charge on any atom is -0.493 e. The van der Waals surface area contributed by atoms with Gasteiger partial charge < -0.3 is 14.4 Å². The first-order chi connectivity index (χ1) is 10.2. The van der Waals surface area contributed by atoms with Crippen LogP contribution in [0.5, 0.6) is 5.75 Å². The molecule has 1 aliphatic rings. The van der Waals surface area contributed by atoms with Gasteiger partial charge in [-0.2, -0.15) is 0 Å². The Kier molecular flexibility index (Phi) is 5.20. The Labute approximate surface area is 124 Å². The van der Waals surface area contributed by atoms with Gasteiger partial charge in [0.1, 0.15) is 12.3 Å². The zero-order chi connectivity index (χ0) is 15.2. The molecule has 2 rings (SSSR count).